The maximum Gasteiger partial charge on any atom is 0.261 e. The number of carbonyl (C=O) groups is 1. The number of nitrogens with one attached hydrogen (secondary N) is 1. The summed E-state index contributed by atoms with van der Waals surface area (Å²) in [5, 5.41) is 3.17. The van der Waals surface area contributed by atoms with Crippen molar-refractivity contribution >= 4 is 5.91 Å². The first-order valence-corrected chi connectivity index (χ1v) is 9.89. The van der Waals surface area contributed by atoms with Crippen LogP contribution in [-0.2, 0) is 4.79 Å². The van der Waals surface area contributed by atoms with Crippen molar-refractivity contribution in [3.8, 4) is 17.2 Å². The lowest BCUT2D eigenvalue weighted by atomic mass is 9.83. The van der Waals surface area contributed by atoms with Crippen LogP contribution in [0.4, 0.5) is 0 Å². The molecule has 2 atom stereocenters. The number of ether oxygens (including phenoxy) is 3. The van der Waals surface area contributed by atoms with Crippen LogP contribution in [0.2, 0.25) is 0 Å². The molecule has 1 amide bonds. The Balaban J connectivity index is 1.74. The van der Waals surface area contributed by atoms with Crippen molar-refractivity contribution in [2.45, 2.75) is 57.8 Å². The van der Waals surface area contributed by atoms with Crippen LogP contribution in [-0.4, -0.2) is 24.7 Å². The molecule has 1 aliphatic rings. The van der Waals surface area contributed by atoms with Gasteiger partial charge in [0.15, 0.2) is 6.10 Å². The third-order valence-electron chi connectivity index (χ3n) is 5.53. The van der Waals surface area contributed by atoms with E-state index >= 15 is 0 Å². The van der Waals surface area contributed by atoms with Crippen molar-refractivity contribution in [1.29, 1.82) is 0 Å². The average molecular weight is 383 g/mol. The highest BCUT2D eigenvalue weighted by Gasteiger charge is 2.39. The van der Waals surface area contributed by atoms with Crippen molar-refractivity contribution in [3.63, 3.8) is 0 Å². The van der Waals surface area contributed by atoms with E-state index < -0.39 is 6.10 Å². The lowest BCUT2D eigenvalue weighted by Crippen LogP contribution is -2.46. The highest BCUT2D eigenvalue weighted by atomic mass is 16.5. The largest absolute Gasteiger partial charge is 0.497 e. The first kappa shape index (κ1) is 20.1. The van der Waals surface area contributed by atoms with E-state index in [2.05, 4.69) is 19.2 Å². The van der Waals surface area contributed by atoms with E-state index in [1.54, 1.807) is 20.1 Å². The molecule has 150 valence electrons. The molecule has 0 aromatic heterocycles. The molecule has 28 heavy (non-hydrogen) atoms. The van der Waals surface area contributed by atoms with Gasteiger partial charge in [0.1, 0.15) is 22.8 Å². The number of hydrogen-bond donors (Lipinski definition) is 1. The van der Waals surface area contributed by atoms with Crippen LogP contribution in [0.3, 0.4) is 0 Å². The summed E-state index contributed by atoms with van der Waals surface area (Å²) >= 11 is 0. The molecular weight excluding hydrogens is 354 g/mol. The number of carbonyl (C=O) groups excluding carboxylic acids is 1. The van der Waals surface area contributed by atoms with Gasteiger partial charge in [-0.1, -0.05) is 38.1 Å². The lowest BCUT2D eigenvalue weighted by Gasteiger charge is -2.41. The normalized spacial score (nSPS) is 18.4. The molecule has 0 bridgehead atoms. The Labute approximate surface area is 167 Å². The SMILES string of the molecule is CCC1(CC)C[C@H](NC(=O)[C@@H](C)Oc2cccc(OC)c2)c2ccccc2O1. The Morgan fingerprint density at radius 1 is 1.18 bits per heavy atom. The molecule has 3 rings (SSSR count). The zero-order valence-electron chi connectivity index (χ0n) is 17.0. The number of rotatable bonds is 7. The van der Waals surface area contributed by atoms with Gasteiger partial charge in [-0.2, -0.15) is 0 Å². The van der Waals surface area contributed by atoms with E-state index in [4.69, 9.17) is 14.2 Å². The fourth-order valence-corrected chi connectivity index (χ4v) is 3.65. The van der Waals surface area contributed by atoms with E-state index in [1.165, 1.54) is 0 Å². The number of para-hydroxylation sites is 1. The molecule has 2 aromatic carbocycles. The second kappa shape index (κ2) is 8.55. The molecule has 0 fully saturated rings. The summed E-state index contributed by atoms with van der Waals surface area (Å²) in [7, 11) is 1.60. The van der Waals surface area contributed by atoms with Crippen molar-refractivity contribution < 1.29 is 19.0 Å². The summed E-state index contributed by atoms with van der Waals surface area (Å²) in [5.41, 5.74) is 0.755. The Bertz CT molecular complexity index is 816. The van der Waals surface area contributed by atoms with Crippen LogP contribution in [0.1, 0.15) is 51.6 Å². The summed E-state index contributed by atoms with van der Waals surface area (Å²) in [6.45, 7) is 6.02. The van der Waals surface area contributed by atoms with Gasteiger partial charge < -0.3 is 19.5 Å². The fourth-order valence-electron chi connectivity index (χ4n) is 3.65. The standard InChI is InChI=1S/C23H29NO4/c1-5-23(6-2)15-20(19-12-7-8-13-21(19)28-23)24-22(25)16(3)27-18-11-9-10-17(14-18)26-4/h7-14,16,20H,5-6,15H2,1-4H3,(H,24,25)/t16-,20+/m1/s1. The first-order chi connectivity index (χ1) is 13.5. The van der Waals surface area contributed by atoms with E-state index in [0.29, 0.717) is 11.5 Å². The van der Waals surface area contributed by atoms with E-state index in [-0.39, 0.29) is 17.6 Å². The summed E-state index contributed by atoms with van der Waals surface area (Å²) in [4.78, 5) is 12.9. The summed E-state index contributed by atoms with van der Waals surface area (Å²) < 4.78 is 17.4. The molecule has 0 spiro atoms. The smallest absolute Gasteiger partial charge is 0.261 e. The molecule has 0 saturated heterocycles. The minimum atomic E-state index is -0.625. The van der Waals surface area contributed by atoms with Gasteiger partial charge >= 0.3 is 0 Å². The Hall–Kier alpha value is -2.69. The topological polar surface area (TPSA) is 56.8 Å². The lowest BCUT2D eigenvalue weighted by molar-refractivity contribution is -0.128. The third-order valence-corrected chi connectivity index (χ3v) is 5.53. The third kappa shape index (κ3) is 4.24. The minimum Gasteiger partial charge on any atom is -0.497 e. The van der Waals surface area contributed by atoms with Gasteiger partial charge in [0.25, 0.3) is 5.91 Å². The molecule has 2 aromatic rings. The number of hydrogen-bond acceptors (Lipinski definition) is 4. The Kier molecular flexibility index (Phi) is 6.12. The van der Waals surface area contributed by atoms with Crippen molar-refractivity contribution in [3.05, 3.63) is 54.1 Å². The van der Waals surface area contributed by atoms with Crippen LogP contribution in [0.15, 0.2) is 48.5 Å². The molecule has 0 saturated carbocycles. The zero-order valence-corrected chi connectivity index (χ0v) is 17.0. The fraction of sp³-hybridized carbons (Fsp3) is 0.435. The van der Waals surface area contributed by atoms with Gasteiger partial charge in [0.2, 0.25) is 0 Å². The Morgan fingerprint density at radius 2 is 1.89 bits per heavy atom. The van der Waals surface area contributed by atoms with E-state index in [1.807, 2.05) is 42.5 Å². The van der Waals surface area contributed by atoms with Gasteiger partial charge in [0.05, 0.1) is 13.2 Å². The van der Waals surface area contributed by atoms with Crippen LogP contribution >= 0.6 is 0 Å². The average Bonchev–Trinajstić information content (AvgIpc) is 2.73. The quantitative estimate of drug-likeness (QED) is 0.755. The van der Waals surface area contributed by atoms with Crippen molar-refractivity contribution in [2.24, 2.45) is 0 Å². The second-order valence-electron chi connectivity index (χ2n) is 7.23. The summed E-state index contributed by atoms with van der Waals surface area (Å²) in [5.74, 6) is 2.00. The monoisotopic (exact) mass is 383 g/mol. The number of methoxy groups -OCH3 is 1. The van der Waals surface area contributed by atoms with Crippen LogP contribution in [0.5, 0.6) is 17.2 Å². The highest BCUT2D eigenvalue weighted by molar-refractivity contribution is 5.81. The van der Waals surface area contributed by atoms with Crippen molar-refractivity contribution in [1.82, 2.24) is 5.32 Å². The predicted octanol–water partition coefficient (Wildman–Crippen LogP) is 4.66. The van der Waals surface area contributed by atoms with Gasteiger partial charge in [-0.3, -0.25) is 4.79 Å². The second-order valence-corrected chi connectivity index (χ2v) is 7.23. The highest BCUT2D eigenvalue weighted by Crippen LogP contribution is 2.42. The molecule has 1 N–H and O–H groups in total. The first-order valence-electron chi connectivity index (χ1n) is 9.89. The van der Waals surface area contributed by atoms with Gasteiger partial charge in [-0.05, 0) is 38.0 Å². The summed E-state index contributed by atoms with van der Waals surface area (Å²) in [6.07, 6.45) is 1.90. The molecule has 5 nitrogen and oxygen atoms in total. The Morgan fingerprint density at radius 3 is 2.61 bits per heavy atom. The van der Waals surface area contributed by atoms with Gasteiger partial charge in [-0.25, -0.2) is 0 Å². The minimum absolute atomic E-state index is 0.103. The van der Waals surface area contributed by atoms with Crippen LogP contribution in [0.25, 0.3) is 0 Å². The van der Waals surface area contributed by atoms with Gasteiger partial charge in [0, 0.05) is 18.1 Å². The van der Waals surface area contributed by atoms with Crippen LogP contribution < -0.4 is 19.5 Å². The maximum atomic E-state index is 12.9. The summed E-state index contributed by atoms with van der Waals surface area (Å²) in [6, 6.07) is 15.1. The van der Waals surface area contributed by atoms with Crippen LogP contribution in [0, 0.1) is 0 Å². The maximum absolute atomic E-state index is 12.9. The predicted molar refractivity (Wildman–Crippen MR) is 109 cm³/mol. The van der Waals surface area contributed by atoms with E-state index in [9.17, 15) is 4.79 Å². The number of benzene rings is 2. The molecule has 0 aliphatic carbocycles. The number of fused-ring (bicyclic) bond motifs is 1. The molecule has 1 heterocycles. The molecule has 1 aliphatic heterocycles. The molecule has 0 radical (unpaired) electrons. The zero-order chi connectivity index (χ0) is 20.1. The molecular formula is C23H29NO4. The van der Waals surface area contributed by atoms with Gasteiger partial charge in [-0.15, -0.1) is 0 Å². The molecule has 0 unspecified atom stereocenters. The number of amides is 1. The molecule has 5 heteroatoms. The van der Waals surface area contributed by atoms with E-state index in [0.717, 1.165) is 30.6 Å². The van der Waals surface area contributed by atoms with Crippen molar-refractivity contribution in [2.75, 3.05) is 7.11 Å².